The maximum atomic E-state index is 5.61. The molecule has 0 saturated carbocycles. The van der Waals surface area contributed by atoms with Gasteiger partial charge in [-0.2, -0.15) is 0 Å². The van der Waals surface area contributed by atoms with E-state index >= 15 is 0 Å². The third kappa shape index (κ3) is 2.33. The lowest BCUT2D eigenvalue weighted by atomic mass is 10.1. The molecular weight excluding hydrogens is 222 g/mol. The molecule has 94 valence electrons. The van der Waals surface area contributed by atoms with Crippen molar-refractivity contribution in [2.24, 2.45) is 0 Å². The summed E-state index contributed by atoms with van der Waals surface area (Å²) in [7, 11) is 0. The van der Waals surface area contributed by atoms with Crippen molar-refractivity contribution in [1.82, 2.24) is 0 Å². The second-order valence-corrected chi connectivity index (χ2v) is 4.19. The van der Waals surface area contributed by atoms with Crippen molar-refractivity contribution in [3.05, 3.63) is 53.9 Å². The summed E-state index contributed by atoms with van der Waals surface area (Å²) in [5.41, 5.74) is 4.64. The second kappa shape index (κ2) is 5.13. The molecule has 0 saturated heterocycles. The largest absolute Gasteiger partial charge is 0.461 e. The lowest BCUT2D eigenvalue weighted by molar-refractivity contribution is 0.548. The van der Waals surface area contributed by atoms with Crippen LogP contribution in [0, 0.1) is 6.92 Å². The first-order valence-electron chi connectivity index (χ1n) is 6.37. The van der Waals surface area contributed by atoms with Crippen LogP contribution in [0.2, 0.25) is 0 Å². The van der Waals surface area contributed by atoms with Crippen LogP contribution in [0.3, 0.4) is 0 Å². The molecule has 1 aliphatic heterocycles. The van der Waals surface area contributed by atoms with Gasteiger partial charge in [0.25, 0.3) is 0 Å². The quantitative estimate of drug-likeness (QED) is 0.778. The van der Waals surface area contributed by atoms with Gasteiger partial charge >= 0.3 is 0 Å². The van der Waals surface area contributed by atoms with E-state index < -0.39 is 0 Å². The van der Waals surface area contributed by atoms with Crippen molar-refractivity contribution < 1.29 is 4.42 Å². The molecule has 0 atom stereocenters. The van der Waals surface area contributed by atoms with Gasteiger partial charge in [0.15, 0.2) is 0 Å². The molecule has 0 spiro atoms. The van der Waals surface area contributed by atoms with Crippen LogP contribution in [0.15, 0.2) is 47.0 Å². The van der Waals surface area contributed by atoms with Crippen molar-refractivity contribution in [3.63, 3.8) is 0 Å². The third-order valence-electron chi connectivity index (χ3n) is 2.85. The Balaban J connectivity index is 0.000000574. The fourth-order valence-electron chi connectivity index (χ4n) is 2.07. The van der Waals surface area contributed by atoms with E-state index in [1.54, 1.807) is 0 Å². The minimum atomic E-state index is 0.906. The number of allylic oxidation sites excluding steroid dienone is 1. The van der Waals surface area contributed by atoms with Crippen LogP contribution >= 0.6 is 0 Å². The maximum absolute atomic E-state index is 5.61. The number of fused-ring (bicyclic) bond motifs is 1. The number of hydrogen-bond donors (Lipinski definition) is 1. The van der Waals surface area contributed by atoms with Crippen molar-refractivity contribution in [2.45, 2.75) is 27.2 Å². The summed E-state index contributed by atoms with van der Waals surface area (Å²) in [6.45, 7) is 9.90. The molecule has 2 heteroatoms. The van der Waals surface area contributed by atoms with E-state index in [9.17, 15) is 0 Å². The van der Waals surface area contributed by atoms with Crippen molar-refractivity contribution in [2.75, 3.05) is 5.32 Å². The molecule has 1 aliphatic rings. The highest BCUT2D eigenvalue weighted by Gasteiger charge is 2.14. The van der Waals surface area contributed by atoms with Crippen LogP contribution in [0.5, 0.6) is 0 Å². The van der Waals surface area contributed by atoms with E-state index in [4.69, 9.17) is 4.42 Å². The molecule has 2 heterocycles. The predicted octanol–water partition coefficient (Wildman–Crippen LogP) is 4.76. The van der Waals surface area contributed by atoms with Crippen LogP contribution in [-0.4, -0.2) is 0 Å². The molecular formula is C16H19NO. The van der Waals surface area contributed by atoms with Gasteiger partial charge in [0.2, 0.25) is 0 Å². The molecule has 1 N–H and O–H groups in total. The Morgan fingerprint density at radius 3 is 2.61 bits per heavy atom. The molecule has 0 bridgehead atoms. The Bertz CT molecular complexity index is 566. The average molecular weight is 241 g/mol. The topological polar surface area (TPSA) is 25.2 Å². The summed E-state index contributed by atoms with van der Waals surface area (Å²) in [6, 6.07) is 10.3. The second-order valence-electron chi connectivity index (χ2n) is 4.19. The smallest absolute Gasteiger partial charge is 0.134 e. The summed E-state index contributed by atoms with van der Waals surface area (Å²) in [6.07, 6.45) is 0.906. The molecule has 1 aromatic carbocycles. The standard InChI is InChI=1S/C14H13NO.C2H6/c1-9-7-12-8-11(4-5-13(12)15-9)14-6-3-10(2)16-14;1-2/h3-6,8,15H,1,7H2,2H3;1-2H3. The first kappa shape index (κ1) is 12.5. The predicted molar refractivity (Wildman–Crippen MR) is 76.7 cm³/mol. The van der Waals surface area contributed by atoms with Gasteiger partial charge in [-0.1, -0.05) is 20.4 Å². The highest BCUT2D eigenvalue weighted by atomic mass is 16.3. The zero-order chi connectivity index (χ0) is 13.1. The SMILES string of the molecule is C=C1Cc2cc(-c3ccc(C)o3)ccc2N1.CC. The molecule has 0 unspecified atom stereocenters. The molecule has 2 nitrogen and oxygen atoms in total. The molecule has 0 amide bonds. The monoisotopic (exact) mass is 241 g/mol. The number of aryl methyl sites for hydroxylation is 1. The van der Waals surface area contributed by atoms with Gasteiger partial charge in [-0.25, -0.2) is 0 Å². The van der Waals surface area contributed by atoms with Gasteiger partial charge in [-0.05, 0) is 42.8 Å². The normalized spacial score (nSPS) is 12.5. The summed E-state index contributed by atoms with van der Waals surface area (Å²) >= 11 is 0. The zero-order valence-corrected chi connectivity index (χ0v) is 11.2. The van der Waals surface area contributed by atoms with E-state index in [0.29, 0.717) is 0 Å². The van der Waals surface area contributed by atoms with Gasteiger partial charge in [0.05, 0.1) is 0 Å². The van der Waals surface area contributed by atoms with Gasteiger partial charge in [-0.3, -0.25) is 0 Å². The molecule has 3 rings (SSSR count). The zero-order valence-electron chi connectivity index (χ0n) is 11.2. The van der Waals surface area contributed by atoms with Crippen LogP contribution in [0.25, 0.3) is 11.3 Å². The number of anilines is 1. The lowest BCUT2D eigenvalue weighted by Gasteiger charge is -2.01. The van der Waals surface area contributed by atoms with E-state index in [1.165, 1.54) is 5.56 Å². The molecule has 0 aliphatic carbocycles. The summed E-state index contributed by atoms with van der Waals surface area (Å²) < 4.78 is 5.61. The Morgan fingerprint density at radius 2 is 1.94 bits per heavy atom. The van der Waals surface area contributed by atoms with Gasteiger partial charge < -0.3 is 9.73 Å². The summed E-state index contributed by atoms with van der Waals surface area (Å²) in [5.74, 6) is 1.87. The Labute approximate surface area is 108 Å². The Morgan fingerprint density at radius 1 is 1.17 bits per heavy atom. The van der Waals surface area contributed by atoms with Crippen LogP contribution in [0.4, 0.5) is 5.69 Å². The van der Waals surface area contributed by atoms with E-state index in [2.05, 4.69) is 30.1 Å². The fourth-order valence-corrected chi connectivity index (χ4v) is 2.07. The number of benzene rings is 1. The van der Waals surface area contributed by atoms with Crippen LogP contribution in [0.1, 0.15) is 25.2 Å². The molecule has 1 aromatic heterocycles. The summed E-state index contributed by atoms with van der Waals surface area (Å²) in [5, 5.41) is 3.26. The maximum Gasteiger partial charge on any atom is 0.134 e. The van der Waals surface area contributed by atoms with Gasteiger partial charge in [0.1, 0.15) is 11.5 Å². The van der Waals surface area contributed by atoms with E-state index in [1.807, 2.05) is 32.9 Å². The molecule has 18 heavy (non-hydrogen) atoms. The Hall–Kier alpha value is -1.96. The molecule has 0 fully saturated rings. The van der Waals surface area contributed by atoms with Crippen molar-refractivity contribution in [3.8, 4) is 11.3 Å². The highest BCUT2D eigenvalue weighted by Crippen LogP contribution is 2.32. The molecule has 0 radical (unpaired) electrons. The number of furan rings is 1. The number of rotatable bonds is 1. The first-order chi connectivity index (χ1) is 8.72. The number of hydrogen-bond acceptors (Lipinski definition) is 2. The van der Waals surface area contributed by atoms with E-state index in [0.717, 1.165) is 34.9 Å². The molecule has 2 aromatic rings. The fraction of sp³-hybridized carbons (Fsp3) is 0.250. The van der Waals surface area contributed by atoms with E-state index in [-0.39, 0.29) is 0 Å². The Kier molecular flexibility index (Phi) is 3.56. The van der Waals surface area contributed by atoms with Crippen LogP contribution < -0.4 is 5.32 Å². The van der Waals surface area contributed by atoms with Crippen molar-refractivity contribution >= 4 is 5.69 Å². The van der Waals surface area contributed by atoms with Crippen LogP contribution in [-0.2, 0) is 6.42 Å². The highest BCUT2D eigenvalue weighted by molar-refractivity contribution is 5.69. The lowest BCUT2D eigenvalue weighted by Crippen LogP contribution is -1.86. The summed E-state index contributed by atoms with van der Waals surface area (Å²) in [4.78, 5) is 0. The van der Waals surface area contributed by atoms with Gasteiger partial charge in [-0.15, -0.1) is 0 Å². The first-order valence-corrected chi connectivity index (χ1v) is 6.37. The minimum absolute atomic E-state index is 0.906. The number of nitrogens with one attached hydrogen (secondary N) is 1. The minimum Gasteiger partial charge on any atom is -0.461 e. The van der Waals surface area contributed by atoms with Gasteiger partial charge in [0, 0.05) is 23.4 Å². The third-order valence-corrected chi connectivity index (χ3v) is 2.85. The average Bonchev–Trinajstić information content (AvgIpc) is 2.95. The van der Waals surface area contributed by atoms with Crippen molar-refractivity contribution in [1.29, 1.82) is 0 Å².